The summed E-state index contributed by atoms with van der Waals surface area (Å²) in [7, 11) is 1.55. The van der Waals surface area contributed by atoms with Crippen molar-refractivity contribution < 1.29 is 9.53 Å². The van der Waals surface area contributed by atoms with Crippen molar-refractivity contribution in [1.29, 1.82) is 0 Å². The minimum Gasteiger partial charge on any atom is -0.496 e. The third kappa shape index (κ3) is 2.66. The Kier molecular flexibility index (Phi) is 4.23. The van der Waals surface area contributed by atoms with Crippen LogP contribution >= 0.6 is 24.0 Å². The molecule has 1 amide bonds. The largest absolute Gasteiger partial charge is 0.496 e. The lowest BCUT2D eigenvalue weighted by Crippen LogP contribution is -2.32. The van der Waals surface area contributed by atoms with Crippen molar-refractivity contribution in [3.05, 3.63) is 28.8 Å². The Morgan fingerprint density at radius 2 is 2.11 bits per heavy atom. The number of benzene rings is 1. The zero-order valence-corrected chi connectivity index (χ0v) is 12.1. The zero-order valence-electron chi connectivity index (χ0n) is 10.5. The molecular weight excluding hydrogens is 287 g/mol. The van der Waals surface area contributed by atoms with Crippen molar-refractivity contribution in [3.8, 4) is 5.75 Å². The first-order chi connectivity index (χ1) is 8.70. The van der Waals surface area contributed by atoms with Crippen LogP contribution in [0, 0.1) is 11.8 Å². The predicted molar refractivity (Wildman–Crippen MR) is 76.4 cm³/mol. The molecular formula is C13H16Cl2N2O2. The monoisotopic (exact) mass is 302 g/mol. The molecule has 1 aromatic carbocycles. The van der Waals surface area contributed by atoms with Gasteiger partial charge in [0.15, 0.2) is 0 Å². The van der Waals surface area contributed by atoms with E-state index in [4.69, 9.17) is 16.3 Å². The lowest BCUT2D eigenvalue weighted by atomic mass is 10.2. The predicted octanol–water partition coefficient (Wildman–Crippen LogP) is 1.72. The molecule has 1 heterocycles. The lowest BCUT2D eigenvalue weighted by molar-refractivity contribution is 0.0943. The summed E-state index contributed by atoms with van der Waals surface area (Å²) in [6.07, 6.45) is 0. The molecule has 1 aromatic rings. The van der Waals surface area contributed by atoms with Crippen molar-refractivity contribution >= 4 is 29.9 Å². The standard InChI is InChI=1S/C13H15ClN2O2.ClH/c1-18-11-3-2-7(14)4-8(11)13(17)16-12-9-5-15-6-10(9)12;/h2-4,9-10,12,15H,5-6H2,1H3,(H,16,17);1H. The number of carbonyl (C=O) groups excluding carboxylic acids is 1. The van der Waals surface area contributed by atoms with Gasteiger partial charge in [-0.2, -0.15) is 0 Å². The molecule has 2 N–H and O–H groups in total. The molecule has 19 heavy (non-hydrogen) atoms. The second kappa shape index (κ2) is 5.57. The molecule has 6 heteroatoms. The molecule has 3 rings (SSSR count). The Labute approximate surface area is 123 Å². The summed E-state index contributed by atoms with van der Waals surface area (Å²) >= 11 is 5.92. The van der Waals surface area contributed by atoms with E-state index >= 15 is 0 Å². The molecule has 1 aliphatic heterocycles. The quantitative estimate of drug-likeness (QED) is 0.894. The lowest BCUT2D eigenvalue weighted by Gasteiger charge is -2.11. The maximum atomic E-state index is 12.2. The molecule has 0 radical (unpaired) electrons. The number of amides is 1. The van der Waals surface area contributed by atoms with Crippen LogP contribution in [0.25, 0.3) is 0 Å². The third-order valence-corrected chi connectivity index (χ3v) is 4.03. The van der Waals surface area contributed by atoms with Gasteiger partial charge in [0.25, 0.3) is 5.91 Å². The smallest absolute Gasteiger partial charge is 0.255 e. The van der Waals surface area contributed by atoms with Crippen LogP contribution in [-0.4, -0.2) is 32.1 Å². The second-order valence-corrected chi connectivity index (χ2v) is 5.27. The topological polar surface area (TPSA) is 50.4 Å². The van der Waals surface area contributed by atoms with E-state index in [0.717, 1.165) is 13.1 Å². The van der Waals surface area contributed by atoms with E-state index < -0.39 is 0 Å². The van der Waals surface area contributed by atoms with Gasteiger partial charge in [-0.1, -0.05) is 11.6 Å². The SMILES string of the molecule is COc1ccc(Cl)cc1C(=O)NC1C2CNCC21.Cl. The summed E-state index contributed by atoms with van der Waals surface area (Å²) in [6, 6.07) is 5.38. The number of ether oxygens (including phenoxy) is 1. The Balaban J connectivity index is 0.00000133. The van der Waals surface area contributed by atoms with Crippen molar-refractivity contribution in [1.82, 2.24) is 10.6 Å². The van der Waals surface area contributed by atoms with Gasteiger partial charge in [-0.15, -0.1) is 12.4 Å². The molecule has 2 fully saturated rings. The fraction of sp³-hybridized carbons (Fsp3) is 0.462. The van der Waals surface area contributed by atoms with E-state index in [1.165, 1.54) is 0 Å². The van der Waals surface area contributed by atoms with Gasteiger partial charge in [-0.3, -0.25) is 4.79 Å². The van der Waals surface area contributed by atoms with Gasteiger partial charge in [0.1, 0.15) is 5.75 Å². The summed E-state index contributed by atoms with van der Waals surface area (Å²) in [4.78, 5) is 12.2. The molecule has 1 saturated heterocycles. The Hall–Kier alpha value is -0.970. The average molecular weight is 303 g/mol. The zero-order chi connectivity index (χ0) is 12.7. The highest BCUT2D eigenvalue weighted by molar-refractivity contribution is 6.31. The average Bonchev–Trinajstić information content (AvgIpc) is 2.81. The molecule has 2 aliphatic rings. The first-order valence-electron chi connectivity index (χ1n) is 6.06. The number of rotatable bonds is 3. The van der Waals surface area contributed by atoms with E-state index in [9.17, 15) is 4.79 Å². The van der Waals surface area contributed by atoms with Gasteiger partial charge in [0.2, 0.25) is 0 Å². The van der Waals surface area contributed by atoms with Crippen molar-refractivity contribution in [2.45, 2.75) is 6.04 Å². The van der Waals surface area contributed by atoms with Crippen molar-refractivity contribution in [2.75, 3.05) is 20.2 Å². The van der Waals surface area contributed by atoms with Crippen LogP contribution in [0.5, 0.6) is 5.75 Å². The molecule has 2 unspecified atom stereocenters. The highest BCUT2D eigenvalue weighted by Crippen LogP contribution is 2.41. The fourth-order valence-electron chi connectivity index (χ4n) is 2.72. The molecule has 0 spiro atoms. The number of nitrogens with one attached hydrogen (secondary N) is 2. The maximum absolute atomic E-state index is 12.2. The van der Waals surface area contributed by atoms with E-state index in [1.54, 1.807) is 25.3 Å². The molecule has 2 atom stereocenters. The number of methoxy groups -OCH3 is 1. The van der Waals surface area contributed by atoms with Gasteiger partial charge >= 0.3 is 0 Å². The number of carbonyl (C=O) groups is 1. The summed E-state index contributed by atoms with van der Waals surface area (Å²) in [5.41, 5.74) is 0.503. The summed E-state index contributed by atoms with van der Waals surface area (Å²) in [5, 5.41) is 6.90. The van der Waals surface area contributed by atoms with Crippen molar-refractivity contribution in [3.63, 3.8) is 0 Å². The van der Waals surface area contributed by atoms with Crippen LogP contribution in [0.1, 0.15) is 10.4 Å². The minimum atomic E-state index is -0.103. The van der Waals surface area contributed by atoms with Gasteiger partial charge in [0.05, 0.1) is 12.7 Å². The van der Waals surface area contributed by atoms with E-state index in [2.05, 4.69) is 10.6 Å². The second-order valence-electron chi connectivity index (χ2n) is 4.83. The Morgan fingerprint density at radius 3 is 2.74 bits per heavy atom. The molecule has 0 bridgehead atoms. The van der Waals surface area contributed by atoms with Crippen molar-refractivity contribution in [2.24, 2.45) is 11.8 Å². The highest BCUT2D eigenvalue weighted by atomic mass is 35.5. The van der Waals surface area contributed by atoms with Crippen LogP contribution in [0.3, 0.4) is 0 Å². The van der Waals surface area contributed by atoms with Crippen LogP contribution in [0.4, 0.5) is 0 Å². The number of piperidine rings is 1. The van der Waals surface area contributed by atoms with E-state index in [-0.39, 0.29) is 18.3 Å². The minimum absolute atomic E-state index is 0. The number of hydrogen-bond acceptors (Lipinski definition) is 3. The Bertz CT molecular complexity index is 486. The highest BCUT2D eigenvalue weighted by Gasteiger charge is 2.53. The molecule has 1 saturated carbocycles. The summed E-state index contributed by atoms with van der Waals surface area (Å²) in [6.45, 7) is 2.00. The Morgan fingerprint density at radius 1 is 1.42 bits per heavy atom. The molecule has 4 nitrogen and oxygen atoms in total. The molecule has 104 valence electrons. The van der Waals surface area contributed by atoms with Crippen LogP contribution < -0.4 is 15.4 Å². The van der Waals surface area contributed by atoms with Gasteiger partial charge < -0.3 is 15.4 Å². The number of hydrogen-bond donors (Lipinski definition) is 2. The maximum Gasteiger partial charge on any atom is 0.255 e. The fourth-order valence-corrected chi connectivity index (χ4v) is 2.89. The normalized spacial score (nSPS) is 27.2. The molecule has 0 aromatic heterocycles. The first-order valence-corrected chi connectivity index (χ1v) is 6.43. The van der Waals surface area contributed by atoms with E-state index in [0.29, 0.717) is 34.2 Å². The van der Waals surface area contributed by atoms with Gasteiger partial charge in [-0.05, 0) is 30.0 Å². The summed E-state index contributed by atoms with van der Waals surface area (Å²) < 4.78 is 5.19. The molecule has 1 aliphatic carbocycles. The number of fused-ring (bicyclic) bond motifs is 1. The van der Waals surface area contributed by atoms with Gasteiger partial charge in [-0.25, -0.2) is 0 Å². The van der Waals surface area contributed by atoms with E-state index in [1.807, 2.05) is 0 Å². The first kappa shape index (κ1) is 14.4. The summed E-state index contributed by atoms with van der Waals surface area (Å²) in [5.74, 6) is 1.65. The third-order valence-electron chi connectivity index (χ3n) is 3.80. The van der Waals surface area contributed by atoms with Crippen LogP contribution in [-0.2, 0) is 0 Å². The number of halogens is 2. The van der Waals surface area contributed by atoms with Crippen LogP contribution in [0.15, 0.2) is 18.2 Å². The van der Waals surface area contributed by atoms with Gasteiger partial charge in [0, 0.05) is 24.2 Å². The van der Waals surface area contributed by atoms with Crippen LogP contribution in [0.2, 0.25) is 5.02 Å².